The van der Waals surface area contributed by atoms with Crippen molar-refractivity contribution in [1.82, 2.24) is 0 Å². The maximum atomic E-state index is 6.21. The third-order valence-corrected chi connectivity index (χ3v) is 6.79. The van der Waals surface area contributed by atoms with Gasteiger partial charge in [0.25, 0.3) is 0 Å². The average Bonchev–Trinajstić information content (AvgIpc) is 3.54. The van der Waals surface area contributed by atoms with Crippen LogP contribution in [0.5, 0.6) is 0 Å². The minimum absolute atomic E-state index is 0.423. The number of thiocarbonyl (C=S) groups is 1. The van der Waals surface area contributed by atoms with E-state index in [4.69, 9.17) is 23.2 Å². The molecule has 0 radical (unpaired) electrons. The molecule has 0 atom stereocenters. The van der Waals surface area contributed by atoms with Crippen LogP contribution in [0.25, 0.3) is 0 Å². The lowest BCUT2D eigenvalue weighted by atomic mass is 9.77. The van der Waals surface area contributed by atoms with Crippen molar-refractivity contribution in [2.24, 2.45) is 16.8 Å². The van der Waals surface area contributed by atoms with Crippen LogP contribution in [0.2, 0.25) is 10.0 Å². The largest absolute Gasteiger partial charge is 0.192 e. The summed E-state index contributed by atoms with van der Waals surface area (Å²) in [6, 6.07) is 12.2. The van der Waals surface area contributed by atoms with Crippen molar-refractivity contribution in [3.8, 4) is 11.8 Å². The summed E-state index contributed by atoms with van der Waals surface area (Å²) in [6.07, 6.45) is 9.89. The molecule has 0 bridgehead atoms. The van der Waals surface area contributed by atoms with Crippen LogP contribution >= 0.6 is 35.4 Å². The first-order valence-electron chi connectivity index (χ1n) is 10.3. The molecule has 0 aromatic heterocycles. The molecular weight excluding hydrogens is 417 g/mol. The summed E-state index contributed by atoms with van der Waals surface area (Å²) in [5.74, 6) is 9.07. The monoisotopic (exact) mass is 439 g/mol. The van der Waals surface area contributed by atoms with E-state index in [-0.39, 0.29) is 0 Å². The fourth-order valence-electron chi connectivity index (χ4n) is 4.33. The number of hydrogen-bond donors (Lipinski definition) is 0. The molecule has 4 rings (SSSR count). The molecule has 29 heavy (non-hydrogen) atoms. The van der Waals surface area contributed by atoms with E-state index in [1.807, 2.05) is 0 Å². The molecule has 2 fully saturated rings. The summed E-state index contributed by atoms with van der Waals surface area (Å²) in [6.45, 7) is 0. The van der Waals surface area contributed by atoms with Gasteiger partial charge in [-0.15, -0.1) is 0 Å². The Morgan fingerprint density at radius 1 is 0.828 bits per heavy atom. The molecule has 2 aromatic carbocycles. The minimum Gasteiger partial charge on any atom is -0.192 e. The number of benzene rings is 2. The predicted octanol–water partition coefficient (Wildman–Crippen LogP) is 8.20. The zero-order valence-corrected chi connectivity index (χ0v) is 18.6. The van der Waals surface area contributed by atoms with Crippen LogP contribution < -0.4 is 0 Å². The van der Waals surface area contributed by atoms with Gasteiger partial charge in [0, 0.05) is 11.1 Å². The molecule has 2 aliphatic rings. The SMILES string of the molecule is S=C=Nc1c(Cl)cc(C#Cc2ccc(C3CCC(CC4CC4)CC3)cc2)cc1Cl. The fraction of sp³-hybridized carbons (Fsp3) is 0.400. The Hall–Kier alpha value is -1.62. The summed E-state index contributed by atoms with van der Waals surface area (Å²) in [5, 5.41) is 3.14. The van der Waals surface area contributed by atoms with Crippen LogP contribution in [-0.4, -0.2) is 5.16 Å². The van der Waals surface area contributed by atoms with Crippen molar-refractivity contribution in [1.29, 1.82) is 0 Å². The summed E-state index contributed by atoms with van der Waals surface area (Å²) in [5.41, 5.74) is 3.63. The maximum absolute atomic E-state index is 6.21. The Kier molecular flexibility index (Phi) is 6.74. The lowest BCUT2D eigenvalue weighted by molar-refractivity contribution is 0.299. The molecule has 0 unspecified atom stereocenters. The van der Waals surface area contributed by atoms with Crippen molar-refractivity contribution in [3.63, 3.8) is 0 Å². The zero-order chi connectivity index (χ0) is 20.2. The van der Waals surface area contributed by atoms with Gasteiger partial charge in [-0.25, -0.2) is 0 Å². The molecule has 2 aromatic rings. The number of aliphatic imine (C=N–C) groups is 1. The number of isothiocyanates is 1. The first-order valence-corrected chi connectivity index (χ1v) is 11.5. The van der Waals surface area contributed by atoms with E-state index in [1.165, 1.54) is 50.5 Å². The van der Waals surface area contributed by atoms with E-state index in [0.717, 1.165) is 23.0 Å². The summed E-state index contributed by atoms with van der Waals surface area (Å²) >= 11 is 17.0. The van der Waals surface area contributed by atoms with Gasteiger partial charge in [0.2, 0.25) is 0 Å². The highest BCUT2D eigenvalue weighted by molar-refractivity contribution is 7.78. The van der Waals surface area contributed by atoms with Gasteiger partial charge >= 0.3 is 0 Å². The Labute approximate surface area is 188 Å². The van der Waals surface area contributed by atoms with E-state index in [1.54, 1.807) is 12.1 Å². The molecule has 2 aliphatic carbocycles. The molecule has 1 nitrogen and oxygen atoms in total. The number of hydrogen-bond acceptors (Lipinski definition) is 2. The number of nitrogens with zero attached hydrogens (tertiary/aromatic N) is 1. The molecule has 2 saturated carbocycles. The minimum atomic E-state index is 0.423. The second-order valence-corrected chi connectivity index (χ2v) is 9.26. The van der Waals surface area contributed by atoms with Crippen molar-refractivity contribution < 1.29 is 0 Å². The standard InChI is InChI=1S/C25H23Cl2NS/c26-23-14-20(15-24(27)25(23)28-16-29)4-1-17-5-9-21(10-6-17)22-11-7-19(8-12-22)13-18-2-3-18/h5-6,9-10,14-15,18-19,22H,2-3,7-8,11-13H2. The summed E-state index contributed by atoms with van der Waals surface area (Å²) < 4.78 is 0. The van der Waals surface area contributed by atoms with Gasteiger partial charge in [-0.1, -0.05) is 60.0 Å². The first-order chi connectivity index (χ1) is 14.1. The zero-order valence-electron chi connectivity index (χ0n) is 16.3. The fourth-order valence-corrected chi connectivity index (χ4v) is 4.99. The van der Waals surface area contributed by atoms with Gasteiger partial charge in [-0.05, 0) is 91.9 Å². The Morgan fingerprint density at radius 3 is 1.93 bits per heavy atom. The van der Waals surface area contributed by atoms with Crippen molar-refractivity contribution in [3.05, 3.63) is 63.1 Å². The van der Waals surface area contributed by atoms with Crippen LogP contribution in [0.1, 0.15) is 67.6 Å². The van der Waals surface area contributed by atoms with Crippen molar-refractivity contribution in [2.45, 2.75) is 50.9 Å². The number of halogens is 2. The molecule has 0 saturated heterocycles. The quantitative estimate of drug-likeness (QED) is 0.265. The number of rotatable bonds is 4. The lowest BCUT2D eigenvalue weighted by Gasteiger charge is -2.28. The molecule has 0 heterocycles. The van der Waals surface area contributed by atoms with E-state index in [0.29, 0.717) is 21.7 Å². The highest BCUT2D eigenvalue weighted by Crippen LogP contribution is 2.43. The van der Waals surface area contributed by atoms with Gasteiger partial charge in [0.15, 0.2) is 0 Å². The molecule has 0 amide bonds. The summed E-state index contributed by atoms with van der Waals surface area (Å²) in [7, 11) is 0. The Morgan fingerprint density at radius 2 is 1.38 bits per heavy atom. The highest BCUT2D eigenvalue weighted by Gasteiger charge is 2.28. The van der Waals surface area contributed by atoms with Crippen LogP contribution in [0.4, 0.5) is 5.69 Å². The van der Waals surface area contributed by atoms with E-state index >= 15 is 0 Å². The Bertz CT molecular complexity index is 961. The maximum Gasteiger partial charge on any atom is 0.111 e. The molecule has 148 valence electrons. The van der Waals surface area contributed by atoms with E-state index in [2.05, 4.69) is 58.5 Å². The van der Waals surface area contributed by atoms with Crippen LogP contribution in [0, 0.1) is 23.7 Å². The second kappa shape index (κ2) is 9.46. The van der Waals surface area contributed by atoms with Crippen molar-refractivity contribution >= 4 is 46.3 Å². The average molecular weight is 440 g/mol. The topological polar surface area (TPSA) is 12.4 Å². The molecular formula is C25H23Cl2NS. The van der Waals surface area contributed by atoms with Gasteiger partial charge < -0.3 is 0 Å². The van der Waals surface area contributed by atoms with Crippen LogP contribution in [0.15, 0.2) is 41.4 Å². The molecule has 0 spiro atoms. The van der Waals surface area contributed by atoms with Gasteiger partial charge in [-0.3, -0.25) is 0 Å². The molecule has 4 heteroatoms. The third kappa shape index (κ3) is 5.50. The Balaban J connectivity index is 1.40. The normalized spacial score (nSPS) is 21.0. The second-order valence-electron chi connectivity index (χ2n) is 8.26. The summed E-state index contributed by atoms with van der Waals surface area (Å²) in [4.78, 5) is 3.89. The molecule has 0 aliphatic heterocycles. The highest BCUT2D eigenvalue weighted by atomic mass is 35.5. The molecule has 0 N–H and O–H groups in total. The van der Waals surface area contributed by atoms with E-state index in [9.17, 15) is 0 Å². The smallest absolute Gasteiger partial charge is 0.111 e. The van der Waals surface area contributed by atoms with Gasteiger partial charge in [-0.2, -0.15) is 4.99 Å². The van der Waals surface area contributed by atoms with Gasteiger partial charge in [0.1, 0.15) is 5.69 Å². The first kappa shape index (κ1) is 20.6. The van der Waals surface area contributed by atoms with Gasteiger partial charge in [0.05, 0.1) is 15.2 Å². The van der Waals surface area contributed by atoms with Crippen LogP contribution in [-0.2, 0) is 0 Å². The lowest BCUT2D eigenvalue weighted by Crippen LogP contribution is -2.13. The van der Waals surface area contributed by atoms with Crippen molar-refractivity contribution in [2.75, 3.05) is 0 Å². The third-order valence-electron chi connectivity index (χ3n) is 6.12. The predicted molar refractivity (Wildman–Crippen MR) is 126 cm³/mol. The van der Waals surface area contributed by atoms with Crippen LogP contribution in [0.3, 0.4) is 0 Å². The van der Waals surface area contributed by atoms with E-state index < -0.39 is 0 Å².